The molecule has 3 rings (SSSR count). The van der Waals surface area contributed by atoms with Crippen molar-refractivity contribution < 1.29 is 29.7 Å². The smallest absolute Gasteiger partial charge is 0.277 e. The van der Waals surface area contributed by atoms with Crippen molar-refractivity contribution in [3.8, 4) is 0 Å². The summed E-state index contributed by atoms with van der Waals surface area (Å²) in [4.78, 5) is 24.5. The first-order chi connectivity index (χ1) is 13.4. The second kappa shape index (κ2) is 9.00. The van der Waals surface area contributed by atoms with Crippen LogP contribution < -0.4 is 5.32 Å². The number of amides is 2. The van der Waals surface area contributed by atoms with E-state index in [1.165, 1.54) is 0 Å². The maximum Gasteiger partial charge on any atom is 0.277 e. The van der Waals surface area contributed by atoms with Crippen LogP contribution in [0.3, 0.4) is 0 Å². The van der Waals surface area contributed by atoms with Crippen LogP contribution in [0, 0.1) is 5.92 Å². The van der Waals surface area contributed by atoms with Crippen molar-refractivity contribution in [1.29, 1.82) is 0 Å². The predicted octanol–water partition coefficient (Wildman–Crippen LogP) is 0.705. The Bertz CT molecular complexity index is 679. The lowest BCUT2D eigenvalue weighted by molar-refractivity contribution is -0.134. The van der Waals surface area contributed by atoms with E-state index in [-0.39, 0.29) is 30.5 Å². The van der Waals surface area contributed by atoms with Crippen molar-refractivity contribution in [2.75, 3.05) is 19.7 Å². The van der Waals surface area contributed by atoms with Gasteiger partial charge in [-0.2, -0.15) is 0 Å². The number of rotatable bonds is 6. The Labute approximate surface area is 164 Å². The second-order valence-corrected chi connectivity index (χ2v) is 7.71. The monoisotopic (exact) mass is 392 g/mol. The first-order valence-electron chi connectivity index (χ1n) is 9.76. The first kappa shape index (κ1) is 20.7. The summed E-state index contributed by atoms with van der Waals surface area (Å²) in [5.74, 6) is -0.758. The molecule has 2 fully saturated rings. The molecule has 1 aliphatic heterocycles. The molecule has 0 bridgehead atoms. The summed E-state index contributed by atoms with van der Waals surface area (Å²) in [6.45, 7) is -0.691. The van der Waals surface area contributed by atoms with E-state index in [0.717, 1.165) is 32.1 Å². The third-order valence-electron chi connectivity index (χ3n) is 5.58. The van der Waals surface area contributed by atoms with E-state index >= 15 is 0 Å². The Morgan fingerprint density at radius 2 is 1.86 bits per heavy atom. The zero-order valence-corrected chi connectivity index (χ0v) is 15.8. The third kappa shape index (κ3) is 4.70. The average molecular weight is 392 g/mol. The predicted molar refractivity (Wildman–Crippen MR) is 99.5 cm³/mol. The molecule has 4 N–H and O–H groups in total. The van der Waals surface area contributed by atoms with Gasteiger partial charge in [0.05, 0.1) is 13.2 Å². The summed E-state index contributed by atoms with van der Waals surface area (Å²) in [6, 6.07) is 8.15. The summed E-state index contributed by atoms with van der Waals surface area (Å²) in [5, 5.41) is 34.4. The summed E-state index contributed by atoms with van der Waals surface area (Å²) >= 11 is 0. The van der Waals surface area contributed by atoms with E-state index < -0.39 is 30.3 Å². The number of carbonyl (C=O) groups excluding carboxylic acids is 2. The van der Waals surface area contributed by atoms with Crippen molar-refractivity contribution in [1.82, 2.24) is 10.4 Å². The molecule has 0 aromatic heterocycles. The van der Waals surface area contributed by atoms with Crippen LogP contribution in [0.15, 0.2) is 30.3 Å². The number of hydrogen-bond donors (Lipinski definition) is 4. The van der Waals surface area contributed by atoms with Gasteiger partial charge in [0, 0.05) is 18.0 Å². The zero-order chi connectivity index (χ0) is 20.1. The number of benzene rings is 1. The lowest BCUT2D eigenvalue weighted by atomic mass is 9.88. The lowest BCUT2D eigenvalue weighted by Gasteiger charge is -2.30. The number of nitrogens with zero attached hydrogens (tertiary/aromatic N) is 1. The average Bonchev–Trinajstić information content (AvgIpc) is 3.00. The van der Waals surface area contributed by atoms with Gasteiger partial charge in [0.2, 0.25) is 5.91 Å². The van der Waals surface area contributed by atoms with Crippen molar-refractivity contribution in [2.24, 2.45) is 5.92 Å². The molecule has 0 radical (unpaired) electrons. The van der Waals surface area contributed by atoms with Crippen LogP contribution in [0.25, 0.3) is 0 Å². The van der Waals surface area contributed by atoms with Gasteiger partial charge >= 0.3 is 0 Å². The topological polar surface area (TPSA) is 119 Å². The van der Waals surface area contributed by atoms with E-state index in [1.54, 1.807) is 30.3 Å². The Kier molecular flexibility index (Phi) is 6.66. The van der Waals surface area contributed by atoms with Gasteiger partial charge in [0.25, 0.3) is 5.91 Å². The molecule has 1 aromatic rings. The Balaban J connectivity index is 1.52. The molecule has 2 amide bonds. The molecule has 1 heterocycles. The minimum atomic E-state index is -1.82. The van der Waals surface area contributed by atoms with Crippen molar-refractivity contribution in [3.05, 3.63) is 35.9 Å². The van der Waals surface area contributed by atoms with Crippen LogP contribution in [0.1, 0.15) is 42.5 Å². The number of hydrogen-bond acceptors (Lipinski definition) is 6. The lowest BCUT2D eigenvalue weighted by Crippen LogP contribution is -2.54. The molecule has 1 aromatic carbocycles. The zero-order valence-electron chi connectivity index (χ0n) is 15.8. The van der Waals surface area contributed by atoms with E-state index in [2.05, 4.69) is 5.32 Å². The SMILES string of the molecule is O=C(NC[C@H]1OC[C@@](O)(CN(O)C(=O)c2ccccc2)[C@@H]1O)C1CCCCC1. The van der Waals surface area contributed by atoms with Crippen LogP contribution >= 0.6 is 0 Å². The van der Waals surface area contributed by atoms with Crippen molar-refractivity contribution in [3.63, 3.8) is 0 Å². The quantitative estimate of drug-likeness (QED) is 0.418. The number of nitrogens with one attached hydrogen (secondary N) is 1. The molecule has 3 atom stereocenters. The molecule has 154 valence electrons. The van der Waals surface area contributed by atoms with Crippen molar-refractivity contribution in [2.45, 2.75) is 49.9 Å². The normalized spacial score (nSPS) is 28.1. The molecule has 2 aliphatic rings. The molecule has 1 saturated carbocycles. The van der Waals surface area contributed by atoms with Gasteiger partial charge in [-0.05, 0) is 25.0 Å². The van der Waals surface area contributed by atoms with E-state index in [4.69, 9.17) is 4.74 Å². The minimum absolute atomic E-state index is 0.0115. The molecular formula is C20H28N2O6. The maximum atomic E-state index is 12.2. The summed E-state index contributed by atoms with van der Waals surface area (Å²) < 4.78 is 5.44. The fourth-order valence-electron chi connectivity index (χ4n) is 3.85. The van der Waals surface area contributed by atoms with Gasteiger partial charge in [-0.1, -0.05) is 37.5 Å². The van der Waals surface area contributed by atoms with E-state index in [9.17, 15) is 25.0 Å². The molecule has 1 aliphatic carbocycles. The molecule has 8 nitrogen and oxygen atoms in total. The number of aliphatic hydroxyl groups is 2. The second-order valence-electron chi connectivity index (χ2n) is 7.71. The number of aliphatic hydroxyl groups excluding tert-OH is 1. The largest absolute Gasteiger partial charge is 0.387 e. The molecular weight excluding hydrogens is 364 g/mol. The summed E-state index contributed by atoms with van der Waals surface area (Å²) in [6.07, 6.45) is 2.82. The highest BCUT2D eigenvalue weighted by Gasteiger charge is 2.49. The van der Waals surface area contributed by atoms with Gasteiger partial charge in [-0.3, -0.25) is 14.8 Å². The highest BCUT2D eigenvalue weighted by Crippen LogP contribution is 2.27. The Hall–Kier alpha value is -2.00. The number of carbonyl (C=O) groups is 2. The summed E-state index contributed by atoms with van der Waals surface area (Å²) in [5.41, 5.74) is -1.56. The molecule has 8 heteroatoms. The third-order valence-corrected chi connectivity index (χ3v) is 5.58. The van der Waals surface area contributed by atoms with E-state index in [1.807, 2.05) is 0 Å². The highest BCUT2D eigenvalue weighted by atomic mass is 16.5. The van der Waals surface area contributed by atoms with Gasteiger partial charge in [-0.15, -0.1) is 0 Å². The van der Waals surface area contributed by atoms with Gasteiger partial charge in [0.1, 0.15) is 17.8 Å². The van der Waals surface area contributed by atoms with Crippen LogP contribution in [0.5, 0.6) is 0 Å². The van der Waals surface area contributed by atoms with Crippen LogP contribution in [-0.4, -0.2) is 69.8 Å². The standard InChI is InChI=1S/C20H28N2O6/c23-17-16(11-21-18(24)14-7-3-1-4-8-14)28-13-20(17,26)12-22(27)19(25)15-9-5-2-6-10-15/h2,5-6,9-10,14,16-17,23,26-27H,1,3-4,7-8,11-13H2,(H,21,24)/t16-,17-,20+/m1/s1. The minimum Gasteiger partial charge on any atom is -0.387 e. The first-order valence-corrected chi connectivity index (χ1v) is 9.76. The Morgan fingerprint density at radius 1 is 1.18 bits per heavy atom. The van der Waals surface area contributed by atoms with Crippen LogP contribution in [0.2, 0.25) is 0 Å². The van der Waals surface area contributed by atoms with Crippen LogP contribution in [0.4, 0.5) is 0 Å². The fourth-order valence-corrected chi connectivity index (χ4v) is 3.85. The molecule has 1 saturated heterocycles. The molecule has 28 heavy (non-hydrogen) atoms. The van der Waals surface area contributed by atoms with Gasteiger partial charge in [0.15, 0.2) is 0 Å². The number of hydroxylamine groups is 2. The highest BCUT2D eigenvalue weighted by molar-refractivity contribution is 5.93. The van der Waals surface area contributed by atoms with Crippen molar-refractivity contribution >= 4 is 11.8 Å². The maximum absolute atomic E-state index is 12.2. The van der Waals surface area contributed by atoms with Gasteiger partial charge in [-0.25, -0.2) is 5.06 Å². The number of ether oxygens (including phenoxy) is 1. The molecule has 0 unspecified atom stereocenters. The fraction of sp³-hybridized carbons (Fsp3) is 0.600. The van der Waals surface area contributed by atoms with Crippen LogP contribution in [-0.2, 0) is 9.53 Å². The van der Waals surface area contributed by atoms with E-state index in [0.29, 0.717) is 5.06 Å². The van der Waals surface area contributed by atoms with Gasteiger partial charge < -0.3 is 20.3 Å². The molecule has 0 spiro atoms. The Morgan fingerprint density at radius 3 is 2.54 bits per heavy atom. The summed E-state index contributed by atoms with van der Waals surface area (Å²) in [7, 11) is 0.